The average molecular weight is 297 g/mol. The summed E-state index contributed by atoms with van der Waals surface area (Å²) in [4.78, 5) is 24.1. The summed E-state index contributed by atoms with van der Waals surface area (Å²) in [7, 11) is 0. The maximum Gasteiger partial charge on any atom is 0.325 e. The molecule has 22 heavy (non-hydrogen) atoms. The Balaban J connectivity index is 1.67. The van der Waals surface area contributed by atoms with Crippen molar-refractivity contribution in [2.24, 2.45) is 5.92 Å². The number of amides is 3. The molecule has 2 aromatic carbocycles. The van der Waals surface area contributed by atoms with E-state index in [-0.39, 0.29) is 11.8 Å². The summed E-state index contributed by atoms with van der Waals surface area (Å²) < 4.78 is 0. The molecule has 114 valence electrons. The van der Waals surface area contributed by atoms with E-state index < -0.39 is 6.03 Å². The minimum Gasteiger partial charge on any atom is -0.317 e. The van der Waals surface area contributed by atoms with Gasteiger partial charge in [0.25, 0.3) is 0 Å². The van der Waals surface area contributed by atoms with Crippen molar-refractivity contribution in [1.29, 1.82) is 0 Å². The number of rotatable bonds is 2. The van der Waals surface area contributed by atoms with E-state index in [1.165, 1.54) is 0 Å². The Kier molecular flexibility index (Phi) is 4.34. The Morgan fingerprint density at radius 3 is 2.55 bits per heavy atom. The van der Waals surface area contributed by atoms with E-state index >= 15 is 0 Å². The molecule has 1 heterocycles. The molecule has 1 fully saturated rings. The van der Waals surface area contributed by atoms with Crippen molar-refractivity contribution < 1.29 is 9.59 Å². The Morgan fingerprint density at radius 2 is 1.73 bits per heavy atom. The molecule has 0 spiro atoms. The zero-order valence-corrected chi connectivity index (χ0v) is 12.3. The molecule has 0 bridgehead atoms. The van der Waals surface area contributed by atoms with Crippen LogP contribution in [0, 0.1) is 5.92 Å². The van der Waals surface area contributed by atoms with Gasteiger partial charge in [-0.3, -0.25) is 10.1 Å². The van der Waals surface area contributed by atoms with Gasteiger partial charge in [-0.2, -0.15) is 0 Å². The number of benzene rings is 2. The van der Waals surface area contributed by atoms with Crippen molar-refractivity contribution in [1.82, 2.24) is 10.6 Å². The third-order valence-corrected chi connectivity index (χ3v) is 3.98. The molecule has 0 aromatic heterocycles. The molecule has 0 atom stereocenters. The fourth-order valence-electron chi connectivity index (χ4n) is 2.79. The second-order valence-corrected chi connectivity index (χ2v) is 5.49. The lowest BCUT2D eigenvalue weighted by Gasteiger charge is -2.21. The van der Waals surface area contributed by atoms with Gasteiger partial charge in [-0.1, -0.05) is 36.4 Å². The van der Waals surface area contributed by atoms with Crippen molar-refractivity contribution in [3.05, 3.63) is 42.5 Å². The van der Waals surface area contributed by atoms with Crippen LogP contribution in [0.3, 0.4) is 0 Å². The molecule has 0 unspecified atom stereocenters. The molecular weight excluding hydrogens is 278 g/mol. The summed E-state index contributed by atoms with van der Waals surface area (Å²) in [5.41, 5.74) is 0.703. The lowest BCUT2D eigenvalue weighted by Crippen LogP contribution is -2.42. The number of piperidine rings is 1. The van der Waals surface area contributed by atoms with E-state index in [1.54, 1.807) is 0 Å². The van der Waals surface area contributed by atoms with Crippen LogP contribution in [0.1, 0.15) is 12.8 Å². The Bertz CT molecular complexity index is 688. The Hall–Kier alpha value is -2.40. The SMILES string of the molecule is O=C(NC(=O)C1CCNCC1)Nc1cccc2ccccc12. The molecule has 5 nitrogen and oxygen atoms in total. The maximum absolute atomic E-state index is 12.1. The molecule has 3 amide bonds. The number of fused-ring (bicyclic) bond motifs is 1. The number of urea groups is 1. The summed E-state index contributed by atoms with van der Waals surface area (Å²) in [5, 5.41) is 10.4. The minimum atomic E-state index is -0.472. The number of nitrogens with one attached hydrogen (secondary N) is 3. The molecule has 1 aliphatic rings. The van der Waals surface area contributed by atoms with Gasteiger partial charge in [-0.05, 0) is 37.4 Å². The van der Waals surface area contributed by atoms with Crippen LogP contribution in [-0.4, -0.2) is 25.0 Å². The monoisotopic (exact) mass is 297 g/mol. The van der Waals surface area contributed by atoms with Crippen LogP contribution in [-0.2, 0) is 4.79 Å². The lowest BCUT2D eigenvalue weighted by molar-refractivity contribution is -0.124. The third kappa shape index (κ3) is 3.26. The smallest absolute Gasteiger partial charge is 0.317 e. The van der Waals surface area contributed by atoms with Crippen LogP contribution in [0.4, 0.5) is 10.5 Å². The van der Waals surface area contributed by atoms with Gasteiger partial charge in [0.2, 0.25) is 5.91 Å². The van der Waals surface area contributed by atoms with Crippen molar-refractivity contribution in [2.75, 3.05) is 18.4 Å². The number of hydrogen-bond acceptors (Lipinski definition) is 3. The summed E-state index contributed by atoms with van der Waals surface area (Å²) in [5.74, 6) is -0.279. The maximum atomic E-state index is 12.1. The van der Waals surface area contributed by atoms with E-state index in [0.717, 1.165) is 36.7 Å². The van der Waals surface area contributed by atoms with Gasteiger partial charge >= 0.3 is 6.03 Å². The molecule has 0 radical (unpaired) electrons. The van der Waals surface area contributed by atoms with Crippen LogP contribution >= 0.6 is 0 Å². The predicted octanol–water partition coefficient (Wildman–Crippen LogP) is 2.49. The molecular formula is C17H19N3O2. The quantitative estimate of drug-likeness (QED) is 0.797. The second-order valence-electron chi connectivity index (χ2n) is 5.49. The fourth-order valence-corrected chi connectivity index (χ4v) is 2.79. The van der Waals surface area contributed by atoms with Crippen LogP contribution < -0.4 is 16.0 Å². The number of anilines is 1. The molecule has 2 aromatic rings. The largest absolute Gasteiger partial charge is 0.325 e. The topological polar surface area (TPSA) is 70.2 Å². The van der Waals surface area contributed by atoms with E-state index in [1.807, 2.05) is 42.5 Å². The molecule has 0 saturated carbocycles. The summed E-state index contributed by atoms with van der Waals surface area (Å²) >= 11 is 0. The zero-order valence-electron chi connectivity index (χ0n) is 12.3. The van der Waals surface area contributed by atoms with Crippen LogP contribution in [0.15, 0.2) is 42.5 Å². The van der Waals surface area contributed by atoms with Crippen molar-refractivity contribution in [2.45, 2.75) is 12.8 Å². The standard InChI is InChI=1S/C17H19N3O2/c21-16(13-8-10-18-11-9-13)20-17(22)19-15-7-3-5-12-4-1-2-6-14(12)15/h1-7,13,18H,8-11H2,(H2,19,20,21,22). The second kappa shape index (κ2) is 6.58. The molecule has 0 aliphatic carbocycles. The van der Waals surface area contributed by atoms with E-state index in [4.69, 9.17) is 0 Å². The highest BCUT2D eigenvalue weighted by Crippen LogP contribution is 2.22. The first-order chi connectivity index (χ1) is 10.7. The highest BCUT2D eigenvalue weighted by molar-refractivity contribution is 6.06. The minimum absolute atomic E-state index is 0.0838. The van der Waals surface area contributed by atoms with Crippen molar-refractivity contribution in [3.8, 4) is 0 Å². The summed E-state index contributed by atoms with van der Waals surface area (Å²) in [6.07, 6.45) is 1.54. The predicted molar refractivity (Wildman–Crippen MR) is 86.7 cm³/mol. The normalized spacial score (nSPS) is 15.5. The van der Waals surface area contributed by atoms with E-state index in [0.29, 0.717) is 5.69 Å². The molecule has 3 rings (SSSR count). The number of carbonyl (C=O) groups excluding carboxylic acids is 2. The summed E-state index contributed by atoms with van der Waals surface area (Å²) in [6, 6.07) is 13.0. The first kappa shape index (κ1) is 14.5. The number of imide groups is 1. The van der Waals surface area contributed by atoms with Crippen molar-refractivity contribution >= 4 is 28.4 Å². The van der Waals surface area contributed by atoms with Gasteiger partial charge in [0, 0.05) is 11.3 Å². The van der Waals surface area contributed by atoms with Gasteiger partial charge in [0.15, 0.2) is 0 Å². The van der Waals surface area contributed by atoms with E-state index in [2.05, 4.69) is 16.0 Å². The summed E-state index contributed by atoms with van der Waals surface area (Å²) in [6.45, 7) is 1.64. The molecule has 1 saturated heterocycles. The number of carbonyl (C=O) groups is 2. The number of hydrogen-bond donors (Lipinski definition) is 3. The van der Waals surface area contributed by atoms with Gasteiger partial charge < -0.3 is 10.6 Å². The van der Waals surface area contributed by atoms with Crippen LogP contribution in [0.25, 0.3) is 10.8 Å². The van der Waals surface area contributed by atoms with Gasteiger partial charge in [0.1, 0.15) is 0 Å². The van der Waals surface area contributed by atoms with Crippen molar-refractivity contribution in [3.63, 3.8) is 0 Å². The highest BCUT2D eigenvalue weighted by Gasteiger charge is 2.22. The first-order valence-electron chi connectivity index (χ1n) is 7.54. The molecule has 5 heteroatoms. The van der Waals surface area contributed by atoms with Crippen LogP contribution in [0.2, 0.25) is 0 Å². The highest BCUT2D eigenvalue weighted by atomic mass is 16.2. The Morgan fingerprint density at radius 1 is 1.00 bits per heavy atom. The molecule has 1 aliphatic heterocycles. The Labute approximate surface area is 129 Å². The third-order valence-electron chi connectivity index (χ3n) is 3.98. The van der Waals surface area contributed by atoms with E-state index in [9.17, 15) is 9.59 Å². The van der Waals surface area contributed by atoms with Gasteiger partial charge in [-0.15, -0.1) is 0 Å². The first-order valence-corrected chi connectivity index (χ1v) is 7.54. The van der Waals surface area contributed by atoms with Crippen LogP contribution in [0.5, 0.6) is 0 Å². The van der Waals surface area contributed by atoms with Gasteiger partial charge in [-0.25, -0.2) is 4.79 Å². The average Bonchev–Trinajstić information content (AvgIpc) is 2.56. The zero-order chi connectivity index (χ0) is 15.4. The fraction of sp³-hybridized carbons (Fsp3) is 0.294. The van der Waals surface area contributed by atoms with Gasteiger partial charge in [0.05, 0.1) is 5.69 Å². The lowest BCUT2D eigenvalue weighted by atomic mass is 9.97. The molecule has 3 N–H and O–H groups in total.